The molecule has 2 heterocycles. The Bertz CT molecular complexity index is 283. The third kappa shape index (κ3) is 2.58. The standard InChI is InChI=1S/C11H20N4/c1-10-6-11(7-12)8-15(10)5-4-14-3-2-13-9-14/h2-3,9-11H,4-8,12H2,1H3. The van der Waals surface area contributed by atoms with E-state index >= 15 is 0 Å². The van der Waals surface area contributed by atoms with Gasteiger partial charge in [0.2, 0.25) is 0 Å². The highest BCUT2D eigenvalue weighted by Gasteiger charge is 2.27. The monoisotopic (exact) mass is 208 g/mol. The highest BCUT2D eigenvalue weighted by Crippen LogP contribution is 2.21. The van der Waals surface area contributed by atoms with Gasteiger partial charge >= 0.3 is 0 Å². The average molecular weight is 208 g/mol. The van der Waals surface area contributed by atoms with E-state index in [-0.39, 0.29) is 0 Å². The van der Waals surface area contributed by atoms with Crippen LogP contribution in [0, 0.1) is 5.92 Å². The molecule has 1 aliphatic heterocycles. The van der Waals surface area contributed by atoms with Crippen LogP contribution in [0.2, 0.25) is 0 Å². The Morgan fingerprint density at radius 2 is 2.33 bits per heavy atom. The normalized spacial score (nSPS) is 27.3. The molecule has 1 saturated heterocycles. The van der Waals surface area contributed by atoms with E-state index in [9.17, 15) is 0 Å². The summed E-state index contributed by atoms with van der Waals surface area (Å²) < 4.78 is 2.13. The van der Waals surface area contributed by atoms with Gasteiger partial charge in [0.1, 0.15) is 0 Å². The molecule has 0 amide bonds. The summed E-state index contributed by atoms with van der Waals surface area (Å²) in [5.74, 6) is 0.697. The van der Waals surface area contributed by atoms with Gasteiger partial charge in [0.15, 0.2) is 0 Å². The zero-order valence-electron chi connectivity index (χ0n) is 9.34. The van der Waals surface area contributed by atoms with Crippen molar-refractivity contribution in [3.8, 4) is 0 Å². The Balaban J connectivity index is 1.80. The minimum atomic E-state index is 0.682. The van der Waals surface area contributed by atoms with Crippen LogP contribution in [0.25, 0.3) is 0 Å². The van der Waals surface area contributed by atoms with Crippen molar-refractivity contribution in [1.29, 1.82) is 0 Å². The Labute approximate surface area is 91.1 Å². The van der Waals surface area contributed by atoms with Crippen molar-refractivity contribution < 1.29 is 0 Å². The van der Waals surface area contributed by atoms with Gasteiger partial charge < -0.3 is 10.3 Å². The lowest BCUT2D eigenvalue weighted by molar-refractivity contribution is 0.253. The number of imidazole rings is 1. The maximum atomic E-state index is 5.71. The third-order valence-corrected chi connectivity index (χ3v) is 3.33. The van der Waals surface area contributed by atoms with E-state index in [0.29, 0.717) is 12.0 Å². The molecule has 84 valence electrons. The lowest BCUT2D eigenvalue weighted by Gasteiger charge is -2.20. The molecule has 4 heteroatoms. The molecule has 0 spiro atoms. The van der Waals surface area contributed by atoms with E-state index in [1.54, 1.807) is 0 Å². The summed E-state index contributed by atoms with van der Waals surface area (Å²) in [6.07, 6.45) is 6.97. The van der Waals surface area contributed by atoms with Crippen LogP contribution in [0.5, 0.6) is 0 Å². The van der Waals surface area contributed by atoms with Crippen molar-refractivity contribution in [3.05, 3.63) is 18.7 Å². The molecule has 0 aromatic carbocycles. The summed E-state index contributed by atoms with van der Waals surface area (Å²) in [5.41, 5.74) is 5.71. The average Bonchev–Trinajstić information content (AvgIpc) is 2.84. The molecule has 2 rings (SSSR count). The first-order valence-corrected chi connectivity index (χ1v) is 5.69. The largest absolute Gasteiger partial charge is 0.336 e. The van der Waals surface area contributed by atoms with Crippen molar-refractivity contribution >= 4 is 0 Å². The zero-order chi connectivity index (χ0) is 10.7. The molecule has 2 atom stereocenters. The van der Waals surface area contributed by atoms with Crippen LogP contribution < -0.4 is 5.73 Å². The number of hydrogen-bond donors (Lipinski definition) is 1. The Hall–Kier alpha value is -0.870. The van der Waals surface area contributed by atoms with Gasteiger partial charge in [-0.25, -0.2) is 4.98 Å². The number of rotatable bonds is 4. The van der Waals surface area contributed by atoms with Crippen LogP contribution in [0.15, 0.2) is 18.7 Å². The molecule has 0 saturated carbocycles. The molecule has 0 aliphatic carbocycles. The van der Waals surface area contributed by atoms with E-state index in [2.05, 4.69) is 21.4 Å². The van der Waals surface area contributed by atoms with E-state index in [0.717, 1.165) is 26.2 Å². The van der Waals surface area contributed by atoms with E-state index in [4.69, 9.17) is 5.73 Å². The van der Waals surface area contributed by atoms with Gasteiger partial charge in [-0.05, 0) is 25.8 Å². The molecule has 2 N–H and O–H groups in total. The van der Waals surface area contributed by atoms with Crippen molar-refractivity contribution in [2.45, 2.75) is 25.9 Å². The van der Waals surface area contributed by atoms with E-state index in [1.807, 2.05) is 18.7 Å². The molecular formula is C11H20N4. The maximum Gasteiger partial charge on any atom is 0.0946 e. The Kier molecular flexibility index (Phi) is 3.38. The van der Waals surface area contributed by atoms with Gasteiger partial charge in [0, 0.05) is 38.1 Å². The second kappa shape index (κ2) is 4.77. The van der Waals surface area contributed by atoms with Crippen LogP contribution in [-0.2, 0) is 6.54 Å². The molecule has 0 bridgehead atoms. The second-order valence-electron chi connectivity index (χ2n) is 4.48. The SMILES string of the molecule is CC1CC(CN)CN1CCn1ccnc1. The van der Waals surface area contributed by atoms with Crippen molar-refractivity contribution in [2.24, 2.45) is 11.7 Å². The smallest absolute Gasteiger partial charge is 0.0946 e. The number of nitrogens with two attached hydrogens (primary N) is 1. The molecular weight excluding hydrogens is 188 g/mol. The molecule has 1 aromatic heterocycles. The van der Waals surface area contributed by atoms with Crippen molar-refractivity contribution in [2.75, 3.05) is 19.6 Å². The van der Waals surface area contributed by atoms with E-state index < -0.39 is 0 Å². The first-order valence-electron chi connectivity index (χ1n) is 5.69. The van der Waals surface area contributed by atoms with Crippen LogP contribution in [0.3, 0.4) is 0 Å². The Morgan fingerprint density at radius 3 is 2.93 bits per heavy atom. The highest BCUT2D eigenvalue weighted by molar-refractivity contribution is 4.83. The fourth-order valence-electron chi connectivity index (χ4n) is 2.36. The van der Waals surface area contributed by atoms with Gasteiger partial charge in [-0.2, -0.15) is 0 Å². The topological polar surface area (TPSA) is 47.1 Å². The lowest BCUT2D eigenvalue weighted by Crippen LogP contribution is -2.31. The summed E-state index contributed by atoms with van der Waals surface area (Å²) in [7, 11) is 0. The molecule has 4 nitrogen and oxygen atoms in total. The van der Waals surface area contributed by atoms with Crippen molar-refractivity contribution in [3.63, 3.8) is 0 Å². The number of aromatic nitrogens is 2. The van der Waals surface area contributed by atoms with Crippen LogP contribution in [0.4, 0.5) is 0 Å². The molecule has 0 radical (unpaired) electrons. The molecule has 1 aliphatic rings. The van der Waals surface area contributed by atoms with Crippen molar-refractivity contribution in [1.82, 2.24) is 14.5 Å². The second-order valence-corrected chi connectivity index (χ2v) is 4.48. The van der Waals surface area contributed by atoms with Gasteiger partial charge in [-0.3, -0.25) is 4.90 Å². The van der Waals surface area contributed by atoms with Gasteiger partial charge in [-0.1, -0.05) is 0 Å². The molecule has 2 unspecified atom stereocenters. The number of hydrogen-bond acceptors (Lipinski definition) is 3. The predicted octanol–water partition coefficient (Wildman–Crippen LogP) is 0.552. The van der Waals surface area contributed by atoms with Crippen LogP contribution >= 0.6 is 0 Å². The minimum Gasteiger partial charge on any atom is -0.336 e. The third-order valence-electron chi connectivity index (χ3n) is 3.33. The zero-order valence-corrected chi connectivity index (χ0v) is 9.34. The van der Waals surface area contributed by atoms with E-state index in [1.165, 1.54) is 6.42 Å². The summed E-state index contributed by atoms with van der Waals surface area (Å²) >= 11 is 0. The predicted molar refractivity (Wildman–Crippen MR) is 60.4 cm³/mol. The molecule has 1 fully saturated rings. The summed E-state index contributed by atoms with van der Waals surface area (Å²) in [5, 5.41) is 0. The molecule has 1 aromatic rings. The van der Waals surface area contributed by atoms with Crippen LogP contribution in [-0.4, -0.2) is 40.1 Å². The maximum absolute atomic E-state index is 5.71. The van der Waals surface area contributed by atoms with Crippen LogP contribution in [0.1, 0.15) is 13.3 Å². The lowest BCUT2D eigenvalue weighted by atomic mass is 10.1. The first kappa shape index (κ1) is 10.6. The number of nitrogens with zero attached hydrogens (tertiary/aromatic N) is 3. The first-order chi connectivity index (χ1) is 7.29. The van der Waals surface area contributed by atoms with Gasteiger partial charge in [0.05, 0.1) is 6.33 Å². The summed E-state index contributed by atoms with van der Waals surface area (Å²) in [4.78, 5) is 6.57. The van der Waals surface area contributed by atoms with Gasteiger partial charge in [0.25, 0.3) is 0 Å². The molecule has 15 heavy (non-hydrogen) atoms. The van der Waals surface area contributed by atoms with Gasteiger partial charge in [-0.15, -0.1) is 0 Å². The fourth-order valence-corrected chi connectivity index (χ4v) is 2.36. The quantitative estimate of drug-likeness (QED) is 0.786. The summed E-state index contributed by atoms with van der Waals surface area (Å²) in [6, 6.07) is 0.682. The number of likely N-dealkylation sites (tertiary alicyclic amines) is 1. The fraction of sp³-hybridized carbons (Fsp3) is 0.727. The summed E-state index contributed by atoms with van der Waals surface area (Å²) in [6.45, 7) is 6.41. The Morgan fingerprint density at radius 1 is 1.47 bits per heavy atom. The minimum absolute atomic E-state index is 0.682. The highest BCUT2D eigenvalue weighted by atomic mass is 15.2.